The van der Waals surface area contributed by atoms with E-state index in [1.165, 1.54) is 12.1 Å². The highest BCUT2D eigenvalue weighted by Gasteiger charge is 2.12. The number of ether oxygens (including phenoxy) is 1. The number of carbonyl (C=O) groups is 1. The quantitative estimate of drug-likeness (QED) is 0.747. The maximum absolute atomic E-state index is 13.1. The average Bonchev–Trinajstić information content (AvgIpc) is 2.26. The molecule has 2 nitrogen and oxygen atoms in total. The molecule has 0 bridgehead atoms. The third kappa shape index (κ3) is 3.35. The summed E-state index contributed by atoms with van der Waals surface area (Å²) < 4.78 is 18.2. The number of para-hydroxylation sites is 1. The first-order chi connectivity index (χ1) is 7.15. The van der Waals surface area contributed by atoms with Crippen molar-refractivity contribution in [1.82, 2.24) is 0 Å². The molecule has 0 radical (unpaired) electrons. The summed E-state index contributed by atoms with van der Waals surface area (Å²) >= 11 is 0. The Hall–Kier alpha value is -1.38. The maximum atomic E-state index is 13.1. The van der Waals surface area contributed by atoms with Crippen LogP contribution in [0.4, 0.5) is 4.39 Å². The van der Waals surface area contributed by atoms with Gasteiger partial charge < -0.3 is 4.74 Å². The van der Waals surface area contributed by atoms with E-state index in [-0.39, 0.29) is 24.1 Å². The number of benzene rings is 1. The second kappa shape index (κ2) is 5.49. The predicted octanol–water partition coefficient (Wildman–Crippen LogP) is 2.82. The van der Waals surface area contributed by atoms with Crippen molar-refractivity contribution < 1.29 is 13.9 Å². The van der Waals surface area contributed by atoms with Crippen LogP contribution in [0, 0.1) is 11.7 Å². The summed E-state index contributed by atoms with van der Waals surface area (Å²) in [5, 5.41) is 0. The zero-order valence-corrected chi connectivity index (χ0v) is 9.00. The van der Waals surface area contributed by atoms with Crippen LogP contribution in [0.3, 0.4) is 0 Å². The molecule has 1 aromatic carbocycles. The summed E-state index contributed by atoms with van der Waals surface area (Å²) in [5.41, 5.74) is 0. The zero-order valence-electron chi connectivity index (χ0n) is 9.00. The minimum Gasteiger partial charge on any atom is -0.483 e. The zero-order chi connectivity index (χ0) is 11.3. The summed E-state index contributed by atoms with van der Waals surface area (Å²) in [6.45, 7) is 3.72. The van der Waals surface area contributed by atoms with E-state index in [1.54, 1.807) is 12.1 Å². The average molecular weight is 210 g/mol. The molecule has 0 N–H and O–H groups in total. The molecule has 0 spiro atoms. The van der Waals surface area contributed by atoms with Crippen LogP contribution in [0.2, 0.25) is 0 Å². The Morgan fingerprint density at radius 1 is 1.47 bits per heavy atom. The molecule has 0 saturated carbocycles. The van der Waals surface area contributed by atoms with Gasteiger partial charge in [-0.1, -0.05) is 26.0 Å². The minimum absolute atomic E-state index is 0.000697. The van der Waals surface area contributed by atoms with E-state index in [9.17, 15) is 9.18 Å². The number of rotatable bonds is 5. The molecule has 0 aromatic heterocycles. The summed E-state index contributed by atoms with van der Waals surface area (Å²) in [6.07, 6.45) is 0.777. The molecule has 82 valence electrons. The fourth-order valence-electron chi connectivity index (χ4n) is 1.08. The Morgan fingerprint density at radius 3 is 2.73 bits per heavy atom. The lowest BCUT2D eigenvalue weighted by Crippen LogP contribution is -2.18. The number of halogens is 1. The van der Waals surface area contributed by atoms with Crippen LogP contribution in [-0.4, -0.2) is 12.4 Å². The second-order valence-electron chi connectivity index (χ2n) is 3.49. The third-order valence-corrected chi connectivity index (χ3v) is 2.37. The molecule has 1 aromatic rings. The molecule has 0 aliphatic carbocycles. The van der Waals surface area contributed by atoms with Crippen LogP contribution >= 0.6 is 0 Å². The number of Topliss-reactive ketones (excluding diaryl/α,β-unsaturated/α-hetero) is 1. The summed E-state index contributed by atoms with van der Waals surface area (Å²) in [7, 11) is 0. The monoisotopic (exact) mass is 210 g/mol. The van der Waals surface area contributed by atoms with E-state index in [4.69, 9.17) is 4.74 Å². The fraction of sp³-hybridized carbons (Fsp3) is 0.417. The Balaban J connectivity index is 2.51. The van der Waals surface area contributed by atoms with E-state index >= 15 is 0 Å². The van der Waals surface area contributed by atoms with Gasteiger partial charge in [-0.25, -0.2) is 4.39 Å². The van der Waals surface area contributed by atoms with Gasteiger partial charge in [0.2, 0.25) is 0 Å². The molecule has 1 atom stereocenters. The van der Waals surface area contributed by atoms with Gasteiger partial charge >= 0.3 is 0 Å². The van der Waals surface area contributed by atoms with Gasteiger partial charge in [0, 0.05) is 5.92 Å². The normalized spacial score (nSPS) is 12.2. The Morgan fingerprint density at radius 2 is 2.13 bits per heavy atom. The van der Waals surface area contributed by atoms with Gasteiger partial charge in [0.15, 0.2) is 17.3 Å². The molecule has 0 aliphatic rings. The van der Waals surface area contributed by atoms with Crippen LogP contribution in [-0.2, 0) is 4.79 Å². The van der Waals surface area contributed by atoms with Crippen LogP contribution in [0.5, 0.6) is 5.75 Å². The molecule has 3 heteroatoms. The highest BCUT2D eigenvalue weighted by atomic mass is 19.1. The number of ketones is 1. The minimum atomic E-state index is -0.436. The molecule has 0 aliphatic heterocycles. The van der Waals surface area contributed by atoms with Crippen LogP contribution in [0.15, 0.2) is 24.3 Å². The van der Waals surface area contributed by atoms with Gasteiger partial charge in [-0.15, -0.1) is 0 Å². The van der Waals surface area contributed by atoms with E-state index in [0.29, 0.717) is 0 Å². The maximum Gasteiger partial charge on any atom is 0.172 e. The molecule has 0 amide bonds. The predicted molar refractivity (Wildman–Crippen MR) is 56.4 cm³/mol. The van der Waals surface area contributed by atoms with Crippen molar-refractivity contribution in [1.29, 1.82) is 0 Å². The van der Waals surface area contributed by atoms with Crippen molar-refractivity contribution in [3.05, 3.63) is 30.1 Å². The molecule has 0 saturated heterocycles. The molecule has 0 heterocycles. The molecule has 1 unspecified atom stereocenters. The van der Waals surface area contributed by atoms with Gasteiger partial charge in [0.1, 0.15) is 6.61 Å². The lowest BCUT2D eigenvalue weighted by Gasteiger charge is -2.09. The van der Waals surface area contributed by atoms with E-state index in [2.05, 4.69) is 0 Å². The van der Waals surface area contributed by atoms with Crippen molar-refractivity contribution >= 4 is 5.78 Å². The molecular formula is C12H15FO2. The van der Waals surface area contributed by atoms with Crippen LogP contribution < -0.4 is 4.74 Å². The first-order valence-corrected chi connectivity index (χ1v) is 5.05. The van der Waals surface area contributed by atoms with Crippen molar-refractivity contribution in [3.63, 3.8) is 0 Å². The van der Waals surface area contributed by atoms with Gasteiger partial charge in [-0.3, -0.25) is 4.79 Å². The van der Waals surface area contributed by atoms with Crippen LogP contribution in [0.25, 0.3) is 0 Å². The fourth-order valence-corrected chi connectivity index (χ4v) is 1.08. The summed E-state index contributed by atoms with van der Waals surface area (Å²) in [4.78, 5) is 11.4. The highest BCUT2D eigenvalue weighted by Crippen LogP contribution is 2.15. The topological polar surface area (TPSA) is 26.3 Å². The van der Waals surface area contributed by atoms with Gasteiger partial charge in [-0.05, 0) is 18.6 Å². The summed E-state index contributed by atoms with van der Waals surface area (Å²) in [5.74, 6) is -0.332. The number of hydrogen-bond acceptors (Lipinski definition) is 2. The Labute approximate surface area is 89.1 Å². The number of hydrogen-bond donors (Lipinski definition) is 0. The first-order valence-electron chi connectivity index (χ1n) is 5.05. The highest BCUT2D eigenvalue weighted by molar-refractivity contribution is 5.82. The van der Waals surface area contributed by atoms with Crippen molar-refractivity contribution in [3.8, 4) is 5.75 Å². The van der Waals surface area contributed by atoms with Gasteiger partial charge in [0.25, 0.3) is 0 Å². The Kier molecular flexibility index (Phi) is 4.28. The second-order valence-corrected chi connectivity index (χ2v) is 3.49. The molecule has 15 heavy (non-hydrogen) atoms. The lowest BCUT2D eigenvalue weighted by atomic mass is 10.1. The summed E-state index contributed by atoms with van der Waals surface area (Å²) in [6, 6.07) is 6.08. The molecule has 0 fully saturated rings. The first kappa shape index (κ1) is 11.7. The van der Waals surface area contributed by atoms with E-state index in [1.807, 2.05) is 13.8 Å². The van der Waals surface area contributed by atoms with Crippen molar-refractivity contribution in [2.45, 2.75) is 20.3 Å². The lowest BCUT2D eigenvalue weighted by molar-refractivity contribution is -0.124. The van der Waals surface area contributed by atoms with Crippen molar-refractivity contribution in [2.24, 2.45) is 5.92 Å². The largest absolute Gasteiger partial charge is 0.483 e. The van der Waals surface area contributed by atoms with E-state index < -0.39 is 5.82 Å². The standard InChI is InChI=1S/C12H15FO2/c1-3-9(2)11(14)8-15-12-7-5-4-6-10(12)13/h4-7,9H,3,8H2,1-2H3. The molecule has 1 rings (SSSR count). The van der Waals surface area contributed by atoms with Gasteiger partial charge in [0.05, 0.1) is 0 Å². The third-order valence-electron chi connectivity index (χ3n) is 2.37. The van der Waals surface area contributed by atoms with Gasteiger partial charge in [-0.2, -0.15) is 0 Å². The molecular weight excluding hydrogens is 195 g/mol. The SMILES string of the molecule is CCC(C)C(=O)COc1ccccc1F. The van der Waals surface area contributed by atoms with Crippen molar-refractivity contribution in [2.75, 3.05) is 6.61 Å². The van der Waals surface area contributed by atoms with E-state index in [0.717, 1.165) is 6.42 Å². The number of carbonyl (C=O) groups excluding carboxylic acids is 1. The smallest absolute Gasteiger partial charge is 0.172 e. The van der Waals surface area contributed by atoms with Crippen LogP contribution in [0.1, 0.15) is 20.3 Å². The Bertz CT molecular complexity index is 336.